The molecule has 21 heavy (non-hydrogen) atoms. The van der Waals surface area contributed by atoms with Gasteiger partial charge in [-0.2, -0.15) is 0 Å². The lowest BCUT2D eigenvalue weighted by atomic mass is 10.1. The standard InChI is InChI=1S/C15H12N4O2/c20-14-11(7-10-3-1-2-4-12(10)19-14)8-18-15(21)13-9-16-5-6-17-13/h1-7,9H,8H2,(H,18,21)(H,19,20). The molecule has 0 bridgehead atoms. The number of para-hydroxylation sites is 1. The lowest BCUT2D eigenvalue weighted by molar-refractivity contribution is 0.0945. The number of rotatable bonds is 3. The summed E-state index contributed by atoms with van der Waals surface area (Å²) in [6.07, 6.45) is 4.31. The number of aromatic amines is 1. The molecule has 2 heterocycles. The minimum atomic E-state index is -0.365. The molecule has 3 rings (SSSR count). The first kappa shape index (κ1) is 13.0. The maximum absolute atomic E-state index is 11.9. The third-order valence-corrected chi connectivity index (χ3v) is 3.07. The zero-order valence-electron chi connectivity index (χ0n) is 11.0. The van der Waals surface area contributed by atoms with Crippen LogP contribution in [-0.4, -0.2) is 20.9 Å². The number of benzene rings is 1. The first-order valence-electron chi connectivity index (χ1n) is 6.39. The molecule has 6 nitrogen and oxygen atoms in total. The summed E-state index contributed by atoms with van der Waals surface area (Å²) >= 11 is 0. The van der Waals surface area contributed by atoms with Crippen LogP contribution in [0.5, 0.6) is 0 Å². The van der Waals surface area contributed by atoms with Gasteiger partial charge in [0.05, 0.1) is 6.20 Å². The first-order chi connectivity index (χ1) is 10.2. The van der Waals surface area contributed by atoms with E-state index >= 15 is 0 Å². The Morgan fingerprint density at radius 2 is 2.10 bits per heavy atom. The molecular weight excluding hydrogens is 268 g/mol. The van der Waals surface area contributed by atoms with Crippen LogP contribution in [-0.2, 0) is 6.54 Å². The summed E-state index contributed by atoms with van der Waals surface area (Å²) in [5.41, 5.74) is 1.26. The minimum absolute atomic E-state index is 0.134. The molecule has 1 amide bonds. The number of hydrogen-bond acceptors (Lipinski definition) is 4. The number of amides is 1. The fourth-order valence-electron chi connectivity index (χ4n) is 2.01. The Hall–Kier alpha value is -3.02. The van der Waals surface area contributed by atoms with E-state index in [-0.39, 0.29) is 23.7 Å². The smallest absolute Gasteiger partial charge is 0.271 e. The van der Waals surface area contributed by atoms with E-state index in [0.29, 0.717) is 5.56 Å². The van der Waals surface area contributed by atoms with Crippen LogP contribution in [0.15, 0.2) is 53.7 Å². The van der Waals surface area contributed by atoms with Crippen molar-refractivity contribution in [2.75, 3.05) is 0 Å². The fraction of sp³-hybridized carbons (Fsp3) is 0.0667. The molecule has 104 valence electrons. The van der Waals surface area contributed by atoms with Gasteiger partial charge in [-0.3, -0.25) is 14.6 Å². The highest BCUT2D eigenvalue weighted by atomic mass is 16.2. The normalized spacial score (nSPS) is 10.5. The summed E-state index contributed by atoms with van der Waals surface area (Å²) in [5.74, 6) is -0.365. The molecule has 0 aliphatic carbocycles. The molecule has 2 aromatic heterocycles. The SMILES string of the molecule is O=C(NCc1cc2ccccc2[nH]c1=O)c1cnccn1. The van der Waals surface area contributed by atoms with Crippen LogP contribution in [0.25, 0.3) is 10.9 Å². The molecule has 0 aliphatic rings. The molecule has 0 aliphatic heterocycles. The molecular formula is C15H12N4O2. The van der Waals surface area contributed by atoms with Crippen molar-refractivity contribution in [3.05, 3.63) is 70.5 Å². The Morgan fingerprint density at radius 3 is 2.90 bits per heavy atom. The first-order valence-corrected chi connectivity index (χ1v) is 6.39. The Kier molecular flexibility index (Phi) is 3.42. The average Bonchev–Trinajstić information content (AvgIpc) is 2.53. The number of aromatic nitrogens is 3. The summed E-state index contributed by atoms with van der Waals surface area (Å²) in [6.45, 7) is 0.134. The van der Waals surface area contributed by atoms with Crippen LogP contribution in [0.3, 0.4) is 0 Å². The van der Waals surface area contributed by atoms with Gasteiger partial charge in [0.25, 0.3) is 11.5 Å². The monoisotopic (exact) mass is 280 g/mol. The molecule has 0 fully saturated rings. The maximum atomic E-state index is 11.9. The van der Waals surface area contributed by atoms with Crippen molar-refractivity contribution in [1.82, 2.24) is 20.3 Å². The number of pyridine rings is 1. The van der Waals surface area contributed by atoms with Crippen LogP contribution in [0.2, 0.25) is 0 Å². The van der Waals surface area contributed by atoms with Gasteiger partial charge in [-0.15, -0.1) is 0 Å². The van der Waals surface area contributed by atoms with Gasteiger partial charge in [0.1, 0.15) is 5.69 Å². The second-order valence-electron chi connectivity index (χ2n) is 4.48. The molecule has 0 spiro atoms. The molecule has 0 unspecified atom stereocenters. The zero-order chi connectivity index (χ0) is 14.7. The molecule has 1 aromatic carbocycles. The van der Waals surface area contributed by atoms with Crippen molar-refractivity contribution in [2.24, 2.45) is 0 Å². The number of carbonyl (C=O) groups is 1. The van der Waals surface area contributed by atoms with E-state index in [1.54, 1.807) is 6.07 Å². The molecule has 2 N–H and O–H groups in total. The summed E-state index contributed by atoms with van der Waals surface area (Å²) in [6, 6.07) is 9.25. The third kappa shape index (κ3) is 2.79. The predicted octanol–water partition coefficient (Wildman–Crippen LogP) is 1.25. The van der Waals surface area contributed by atoms with E-state index in [0.717, 1.165) is 10.9 Å². The predicted molar refractivity (Wildman–Crippen MR) is 77.8 cm³/mol. The highest BCUT2D eigenvalue weighted by molar-refractivity contribution is 5.91. The van der Waals surface area contributed by atoms with E-state index in [1.165, 1.54) is 18.6 Å². The second kappa shape index (κ2) is 5.54. The Labute approximate surface area is 119 Å². The number of fused-ring (bicyclic) bond motifs is 1. The van der Waals surface area contributed by atoms with Crippen molar-refractivity contribution >= 4 is 16.8 Å². The molecule has 0 radical (unpaired) electrons. The molecule has 0 saturated carbocycles. The van der Waals surface area contributed by atoms with Gasteiger partial charge in [-0.1, -0.05) is 18.2 Å². The topological polar surface area (TPSA) is 87.7 Å². The van der Waals surface area contributed by atoms with Crippen molar-refractivity contribution in [3.63, 3.8) is 0 Å². The van der Waals surface area contributed by atoms with Crippen molar-refractivity contribution in [2.45, 2.75) is 6.54 Å². The van der Waals surface area contributed by atoms with E-state index in [4.69, 9.17) is 0 Å². The van der Waals surface area contributed by atoms with Crippen LogP contribution in [0, 0.1) is 0 Å². The van der Waals surface area contributed by atoms with Crippen molar-refractivity contribution in [3.8, 4) is 0 Å². The fourth-order valence-corrected chi connectivity index (χ4v) is 2.01. The number of nitrogens with zero attached hydrogens (tertiary/aromatic N) is 2. The quantitative estimate of drug-likeness (QED) is 0.755. The van der Waals surface area contributed by atoms with Crippen molar-refractivity contribution in [1.29, 1.82) is 0 Å². The lowest BCUT2D eigenvalue weighted by Gasteiger charge is -2.05. The van der Waals surface area contributed by atoms with E-state index < -0.39 is 0 Å². The van der Waals surface area contributed by atoms with Crippen LogP contribution < -0.4 is 10.9 Å². The average molecular weight is 280 g/mol. The second-order valence-corrected chi connectivity index (χ2v) is 4.48. The van der Waals surface area contributed by atoms with Gasteiger partial charge >= 0.3 is 0 Å². The third-order valence-electron chi connectivity index (χ3n) is 3.07. The minimum Gasteiger partial charge on any atom is -0.346 e. The summed E-state index contributed by atoms with van der Waals surface area (Å²) in [7, 11) is 0. The van der Waals surface area contributed by atoms with Gasteiger partial charge in [0.15, 0.2) is 0 Å². The number of H-pyrrole nitrogens is 1. The highest BCUT2D eigenvalue weighted by Gasteiger charge is 2.08. The van der Waals surface area contributed by atoms with Crippen LogP contribution >= 0.6 is 0 Å². The Morgan fingerprint density at radius 1 is 1.24 bits per heavy atom. The van der Waals surface area contributed by atoms with Gasteiger partial charge < -0.3 is 10.3 Å². The molecule has 3 aromatic rings. The Bertz CT molecular complexity index is 843. The molecule has 0 atom stereocenters. The lowest BCUT2D eigenvalue weighted by Crippen LogP contribution is -2.27. The van der Waals surface area contributed by atoms with Crippen molar-refractivity contribution < 1.29 is 4.79 Å². The Balaban J connectivity index is 1.81. The van der Waals surface area contributed by atoms with E-state index in [9.17, 15) is 9.59 Å². The highest BCUT2D eigenvalue weighted by Crippen LogP contribution is 2.09. The summed E-state index contributed by atoms with van der Waals surface area (Å²) in [4.78, 5) is 34.3. The summed E-state index contributed by atoms with van der Waals surface area (Å²) in [5, 5.41) is 3.58. The van der Waals surface area contributed by atoms with Gasteiger partial charge in [-0.05, 0) is 17.5 Å². The van der Waals surface area contributed by atoms with Gasteiger partial charge in [-0.25, -0.2) is 4.98 Å². The summed E-state index contributed by atoms with van der Waals surface area (Å²) < 4.78 is 0. The number of hydrogen-bond donors (Lipinski definition) is 2. The zero-order valence-corrected chi connectivity index (χ0v) is 11.0. The maximum Gasteiger partial charge on any atom is 0.271 e. The molecule has 0 saturated heterocycles. The number of carbonyl (C=O) groups excluding carboxylic acids is 1. The van der Waals surface area contributed by atoms with Crippen LogP contribution in [0.4, 0.5) is 0 Å². The van der Waals surface area contributed by atoms with Gasteiger partial charge in [0, 0.05) is 30.0 Å². The number of nitrogens with one attached hydrogen (secondary N) is 2. The van der Waals surface area contributed by atoms with E-state index in [1.807, 2.05) is 24.3 Å². The van der Waals surface area contributed by atoms with Crippen LogP contribution in [0.1, 0.15) is 16.1 Å². The largest absolute Gasteiger partial charge is 0.346 e. The van der Waals surface area contributed by atoms with Gasteiger partial charge in [0.2, 0.25) is 0 Å². The van der Waals surface area contributed by atoms with E-state index in [2.05, 4.69) is 20.3 Å². The molecule has 6 heteroatoms.